The van der Waals surface area contributed by atoms with Gasteiger partial charge in [-0.1, -0.05) is 42.5 Å². The zero-order valence-electron chi connectivity index (χ0n) is 8.66. The number of halogens is 1. The molecular weight excluding hydrogens is 242 g/mol. The summed E-state index contributed by atoms with van der Waals surface area (Å²) in [4.78, 5) is 0.298. The van der Waals surface area contributed by atoms with Crippen LogP contribution in [0.3, 0.4) is 0 Å². The molecule has 0 saturated carbocycles. The van der Waals surface area contributed by atoms with E-state index in [1.807, 2.05) is 30.3 Å². The van der Waals surface area contributed by atoms with Crippen molar-refractivity contribution in [3.63, 3.8) is 0 Å². The number of benzene rings is 1. The quantitative estimate of drug-likeness (QED) is 0.830. The Morgan fingerprint density at radius 2 is 1.94 bits per heavy atom. The summed E-state index contributed by atoms with van der Waals surface area (Å²) < 4.78 is 5.36. The van der Waals surface area contributed by atoms with Crippen LogP contribution in [-0.2, 0) is 0 Å². The van der Waals surface area contributed by atoms with Gasteiger partial charge >= 0.3 is 0 Å². The molecule has 0 bridgehead atoms. The molecule has 2 nitrogen and oxygen atoms in total. The van der Waals surface area contributed by atoms with Crippen LogP contribution in [0.15, 0.2) is 34.7 Å². The highest BCUT2D eigenvalue weighted by atomic mass is 35.5. The van der Waals surface area contributed by atoms with Gasteiger partial charge in [0.2, 0.25) is 5.22 Å². The molecule has 0 amide bonds. The second-order valence-corrected chi connectivity index (χ2v) is 4.20. The largest absolute Gasteiger partial charge is 0.449 e. The van der Waals surface area contributed by atoms with E-state index in [9.17, 15) is 0 Å². The van der Waals surface area contributed by atoms with Gasteiger partial charge in [-0.05, 0) is 24.1 Å². The van der Waals surface area contributed by atoms with Crippen molar-refractivity contribution in [3.05, 3.63) is 46.9 Å². The van der Waals surface area contributed by atoms with E-state index in [0.717, 1.165) is 11.1 Å². The van der Waals surface area contributed by atoms with Crippen molar-refractivity contribution in [2.24, 2.45) is 5.73 Å². The SMILES string of the molecule is Cc1oc(Cl)c(-c2ccccc2)c1C(N)=S. The first-order valence-corrected chi connectivity index (χ1v) is 5.54. The smallest absolute Gasteiger partial charge is 0.201 e. The first-order chi connectivity index (χ1) is 7.61. The first-order valence-electron chi connectivity index (χ1n) is 4.75. The van der Waals surface area contributed by atoms with Gasteiger partial charge in [-0.15, -0.1) is 0 Å². The monoisotopic (exact) mass is 251 g/mol. The van der Waals surface area contributed by atoms with Crippen LogP contribution in [0.1, 0.15) is 11.3 Å². The first kappa shape index (κ1) is 11.2. The Morgan fingerprint density at radius 1 is 1.31 bits per heavy atom. The van der Waals surface area contributed by atoms with Crippen molar-refractivity contribution in [1.29, 1.82) is 0 Å². The van der Waals surface area contributed by atoms with Gasteiger partial charge < -0.3 is 10.2 Å². The Morgan fingerprint density at radius 3 is 2.50 bits per heavy atom. The molecule has 1 heterocycles. The van der Waals surface area contributed by atoms with E-state index in [0.29, 0.717) is 21.5 Å². The van der Waals surface area contributed by atoms with Gasteiger partial charge in [0.05, 0.1) is 11.1 Å². The van der Waals surface area contributed by atoms with Gasteiger partial charge in [-0.25, -0.2) is 0 Å². The summed E-state index contributed by atoms with van der Waals surface area (Å²) in [6.45, 7) is 1.80. The normalized spacial score (nSPS) is 10.4. The van der Waals surface area contributed by atoms with Crippen LogP contribution in [-0.4, -0.2) is 4.99 Å². The van der Waals surface area contributed by atoms with Crippen LogP contribution in [0.5, 0.6) is 0 Å². The van der Waals surface area contributed by atoms with Crippen molar-refractivity contribution >= 4 is 28.8 Å². The third kappa shape index (κ3) is 1.84. The summed E-state index contributed by atoms with van der Waals surface area (Å²) >= 11 is 11.1. The number of thiocarbonyl (C=S) groups is 1. The lowest BCUT2D eigenvalue weighted by Crippen LogP contribution is -2.10. The summed E-state index contributed by atoms with van der Waals surface area (Å²) in [5, 5.41) is 0.325. The van der Waals surface area contributed by atoms with E-state index in [1.54, 1.807) is 6.92 Å². The van der Waals surface area contributed by atoms with Crippen molar-refractivity contribution in [3.8, 4) is 11.1 Å². The number of hydrogen-bond donors (Lipinski definition) is 1. The minimum Gasteiger partial charge on any atom is -0.449 e. The molecule has 4 heteroatoms. The van der Waals surface area contributed by atoms with Crippen LogP contribution in [0.2, 0.25) is 5.22 Å². The molecule has 16 heavy (non-hydrogen) atoms. The molecule has 0 aliphatic carbocycles. The summed E-state index contributed by atoms with van der Waals surface area (Å²) in [6, 6.07) is 9.68. The second-order valence-electron chi connectivity index (χ2n) is 3.41. The minimum atomic E-state index is 0.298. The molecule has 1 aromatic carbocycles. The molecule has 82 valence electrons. The summed E-state index contributed by atoms with van der Waals surface area (Å²) in [7, 11) is 0. The predicted molar refractivity (Wildman–Crippen MR) is 69.8 cm³/mol. The minimum absolute atomic E-state index is 0.298. The average Bonchev–Trinajstić information content (AvgIpc) is 2.55. The Hall–Kier alpha value is -1.32. The number of rotatable bonds is 2. The third-order valence-corrected chi connectivity index (χ3v) is 2.82. The summed E-state index contributed by atoms with van der Waals surface area (Å²) in [6.07, 6.45) is 0. The van der Waals surface area contributed by atoms with E-state index < -0.39 is 0 Å². The molecule has 2 rings (SSSR count). The molecule has 0 aliphatic rings. The van der Waals surface area contributed by atoms with Crippen LogP contribution in [0.25, 0.3) is 11.1 Å². The maximum Gasteiger partial charge on any atom is 0.201 e. The van der Waals surface area contributed by atoms with Crippen LogP contribution in [0.4, 0.5) is 0 Å². The number of furan rings is 1. The van der Waals surface area contributed by atoms with E-state index in [2.05, 4.69) is 0 Å². The van der Waals surface area contributed by atoms with Crippen molar-refractivity contribution < 1.29 is 4.42 Å². The fourth-order valence-electron chi connectivity index (χ4n) is 1.67. The second kappa shape index (κ2) is 4.28. The Bertz CT molecular complexity index is 533. The number of aryl methyl sites for hydroxylation is 1. The van der Waals surface area contributed by atoms with Crippen LogP contribution in [0, 0.1) is 6.92 Å². The van der Waals surface area contributed by atoms with Crippen LogP contribution >= 0.6 is 23.8 Å². The highest BCUT2D eigenvalue weighted by Gasteiger charge is 2.19. The lowest BCUT2D eigenvalue weighted by Gasteiger charge is -2.02. The van der Waals surface area contributed by atoms with E-state index in [-0.39, 0.29) is 0 Å². The molecule has 2 N–H and O–H groups in total. The average molecular weight is 252 g/mol. The van der Waals surface area contributed by atoms with Crippen molar-refractivity contribution in [1.82, 2.24) is 0 Å². The summed E-state index contributed by atoms with van der Waals surface area (Å²) in [5.74, 6) is 0.649. The Balaban J connectivity index is 2.69. The Kier molecular flexibility index (Phi) is 2.99. The molecule has 0 spiro atoms. The highest BCUT2D eigenvalue weighted by molar-refractivity contribution is 7.80. The fourth-order valence-corrected chi connectivity index (χ4v) is 2.24. The highest BCUT2D eigenvalue weighted by Crippen LogP contribution is 2.35. The van der Waals surface area contributed by atoms with Gasteiger partial charge in [0.25, 0.3) is 0 Å². The maximum absolute atomic E-state index is 6.05. The van der Waals surface area contributed by atoms with E-state index in [4.69, 9.17) is 34.0 Å². The molecule has 0 aliphatic heterocycles. The molecule has 0 unspecified atom stereocenters. The van der Waals surface area contributed by atoms with Gasteiger partial charge in [0.1, 0.15) is 10.7 Å². The molecule has 2 aromatic rings. The summed E-state index contributed by atoms with van der Waals surface area (Å²) in [5.41, 5.74) is 8.11. The molecule has 0 saturated heterocycles. The number of hydrogen-bond acceptors (Lipinski definition) is 2. The molecule has 0 radical (unpaired) electrons. The van der Waals surface area contributed by atoms with Gasteiger partial charge in [-0.2, -0.15) is 0 Å². The number of nitrogens with two attached hydrogens (primary N) is 1. The van der Waals surface area contributed by atoms with Crippen LogP contribution < -0.4 is 5.73 Å². The third-order valence-electron chi connectivity index (χ3n) is 2.35. The van der Waals surface area contributed by atoms with E-state index in [1.165, 1.54) is 0 Å². The zero-order valence-corrected chi connectivity index (χ0v) is 10.2. The van der Waals surface area contributed by atoms with Gasteiger partial charge in [0.15, 0.2) is 0 Å². The van der Waals surface area contributed by atoms with Crippen molar-refractivity contribution in [2.75, 3.05) is 0 Å². The van der Waals surface area contributed by atoms with E-state index >= 15 is 0 Å². The standard InChI is InChI=1S/C12H10ClNOS/c1-7-9(12(14)16)10(11(13)15-7)8-5-3-2-4-6-8/h2-6H,1H3,(H2,14,16). The fraction of sp³-hybridized carbons (Fsp3) is 0.0833. The predicted octanol–water partition coefficient (Wildman–Crippen LogP) is 3.54. The molecular formula is C12H10ClNOS. The zero-order chi connectivity index (χ0) is 11.7. The van der Waals surface area contributed by atoms with Gasteiger partial charge in [0, 0.05) is 0 Å². The molecule has 0 fully saturated rings. The lowest BCUT2D eigenvalue weighted by molar-refractivity contribution is 0.536. The van der Waals surface area contributed by atoms with Gasteiger partial charge in [-0.3, -0.25) is 0 Å². The molecule has 0 atom stereocenters. The van der Waals surface area contributed by atoms with Crippen molar-refractivity contribution in [2.45, 2.75) is 6.92 Å². The maximum atomic E-state index is 6.05. The topological polar surface area (TPSA) is 39.2 Å². The molecule has 1 aromatic heterocycles. The lowest BCUT2D eigenvalue weighted by atomic mass is 10.0. The Labute approximate surface area is 104 Å².